The van der Waals surface area contributed by atoms with Crippen molar-refractivity contribution in [3.05, 3.63) is 0 Å². The molecule has 0 spiro atoms. The van der Waals surface area contributed by atoms with Crippen molar-refractivity contribution in [2.75, 3.05) is 12.3 Å². The van der Waals surface area contributed by atoms with Gasteiger partial charge in [-0.2, -0.15) is 0 Å². The Hall–Kier alpha value is -0.710. The number of nitrogens with one attached hydrogen (secondary N) is 1. The van der Waals surface area contributed by atoms with E-state index in [2.05, 4.69) is 5.32 Å². The van der Waals surface area contributed by atoms with Crippen molar-refractivity contribution in [2.45, 2.75) is 26.0 Å². The summed E-state index contributed by atoms with van der Waals surface area (Å²) in [7, 11) is 0. The Balaban J connectivity index is 3.59. The Labute approximate surface area is 88.4 Å². The molecule has 5 heteroatoms. The second-order valence-electron chi connectivity index (χ2n) is 3.49. The normalized spacial score (nSPS) is 12.6. The van der Waals surface area contributed by atoms with Gasteiger partial charge in [0.05, 0.1) is 11.0 Å². The Kier molecular flexibility index (Phi) is 6.36. The first-order chi connectivity index (χ1) is 6.43. The molecule has 1 unspecified atom stereocenters. The zero-order chi connectivity index (χ0) is 11.1. The second kappa shape index (κ2) is 6.70. The van der Waals surface area contributed by atoms with Crippen molar-refractivity contribution >= 4 is 23.6 Å². The second-order valence-corrected chi connectivity index (χ2v) is 4.82. The molecule has 0 saturated carbocycles. The number of carbonyl (C=O) groups excluding carboxylic acids is 1. The van der Waals surface area contributed by atoms with Crippen LogP contribution in [0.15, 0.2) is 0 Å². The average Bonchev–Trinajstić information content (AvgIpc) is 2.10. The minimum Gasteiger partial charge on any atom is -0.480 e. The molecule has 0 aromatic rings. The zero-order valence-electron chi connectivity index (χ0n) is 8.74. The summed E-state index contributed by atoms with van der Waals surface area (Å²) in [5, 5.41) is 10.8. The summed E-state index contributed by atoms with van der Waals surface area (Å²) in [6, 6.07) is 0. The molecular formula is C9H17NO3S. The molecule has 82 valence electrons. The molecule has 0 aliphatic heterocycles. The van der Waals surface area contributed by atoms with E-state index >= 15 is 0 Å². The molecule has 1 amide bonds. The van der Waals surface area contributed by atoms with Crippen molar-refractivity contribution in [1.82, 2.24) is 5.32 Å². The van der Waals surface area contributed by atoms with Crippen molar-refractivity contribution in [3.8, 4) is 0 Å². The molecule has 0 heterocycles. The molecule has 0 aromatic heterocycles. The van der Waals surface area contributed by atoms with Crippen molar-refractivity contribution < 1.29 is 14.7 Å². The molecule has 0 fully saturated rings. The Morgan fingerprint density at radius 1 is 1.36 bits per heavy atom. The molecule has 0 bridgehead atoms. The molecule has 0 radical (unpaired) electrons. The van der Waals surface area contributed by atoms with Crippen molar-refractivity contribution in [3.63, 3.8) is 0 Å². The van der Waals surface area contributed by atoms with E-state index in [4.69, 9.17) is 5.11 Å². The van der Waals surface area contributed by atoms with E-state index in [9.17, 15) is 9.59 Å². The summed E-state index contributed by atoms with van der Waals surface area (Å²) in [5.74, 6) is -0.357. The molecule has 0 rings (SSSR count). The molecule has 0 saturated heterocycles. The fourth-order valence-corrected chi connectivity index (χ4v) is 1.29. The predicted molar refractivity (Wildman–Crippen MR) is 57.4 cm³/mol. The zero-order valence-corrected chi connectivity index (χ0v) is 9.56. The summed E-state index contributed by atoms with van der Waals surface area (Å²) >= 11 is 1.13. The highest BCUT2D eigenvalue weighted by Crippen LogP contribution is 2.09. The number of hydrogen-bond acceptors (Lipinski definition) is 3. The number of carbonyl (C=O) groups is 2. The largest absolute Gasteiger partial charge is 0.480 e. The van der Waals surface area contributed by atoms with Crippen LogP contribution < -0.4 is 5.32 Å². The third-order valence-electron chi connectivity index (χ3n) is 1.52. The van der Waals surface area contributed by atoms with Gasteiger partial charge >= 0.3 is 5.97 Å². The molecule has 0 aliphatic rings. The van der Waals surface area contributed by atoms with Gasteiger partial charge in [-0.05, 0) is 12.8 Å². The van der Waals surface area contributed by atoms with Gasteiger partial charge in [0.25, 0.3) is 0 Å². The molecule has 4 nitrogen and oxygen atoms in total. The summed E-state index contributed by atoms with van der Waals surface area (Å²) in [4.78, 5) is 21.6. The fraction of sp³-hybridized carbons (Fsp3) is 0.778. The summed E-state index contributed by atoms with van der Waals surface area (Å²) < 4.78 is 0. The highest BCUT2D eigenvalue weighted by Gasteiger charge is 2.13. The third-order valence-corrected chi connectivity index (χ3v) is 2.65. The van der Waals surface area contributed by atoms with E-state index in [1.807, 2.05) is 13.8 Å². The van der Waals surface area contributed by atoms with E-state index in [1.54, 1.807) is 6.92 Å². The fourth-order valence-electron chi connectivity index (χ4n) is 0.641. The Bertz CT molecular complexity index is 206. The minimum atomic E-state index is -0.883. The van der Waals surface area contributed by atoms with E-state index in [-0.39, 0.29) is 11.7 Å². The highest BCUT2D eigenvalue weighted by atomic mass is 32.2. The first-order valence-electron chi connectivity index (χ1n) is 4.54. The van der Waals surface area contributed by atoms with Crippen LogP contribution in [-0.4, -0.2) is 34.5 Å². The van der Waals surface area contributed by atoms with Gasteiger partial charge in [0, 0.05) is 6.54 Å². The maximum atomic E-state index is 11.1. The molecular weight excluding hydrogens is 202 g/mol. The van der Waals surface area contributed by atoms with E-state index in [0.717, 1.165) is 11.8 Å². The quantitative estimate of drug-likeness (QED) is 0.698. The van der Waals surface area contributed by atoms with Gasteiger partial charge in [-0.1, -0.05) is 13.8 Å². The minimum absolute atomic E-state index is 0.100. The maximum Gasteiger partial charge on any atom is 0.316 e. The van der Waals surface area contributed by atoms with Gasteiger partial charge in [0.2, 0.25) is 5.91 Å². The lowest BCUT2D eigenvalue weighted by molar-refractivity contribution is -0.136. The number of aliphatic carboxylic acids is 1. The highest BCUT2D eigenvalue weighted by molar-refractivity contribution is 8.01. The standard InChI is InChI=1S/C9H17NO3S/c1-6(2)4-10-8(11)5-14-7(3)9(12)13/h6-7H,4-5H2,1-3H3,(H,10,11)(H,12,13). The molecule has 0 aliphatic carbocycles. The van der Waals surface area contributed by atoms with Crippen LogP contribution in [0, 0.1) is 5.92 Å². The molecule has 1 atom stereocenters. The van der Waals surface area contributed by atoms with Gasteiger partial charge in [-0.3, -0.25) is 9.59 Å². The van der Waals surface area contributed by atoms with Gasteiger partial charge in [-0.25, -0.2) is 0 Å². The number of hydrogen-bond donors (Lipinski definition) is 2. The first-order valence-corrected chi connectivity index (χ1v) is 5.59. The lowest BCUT2D eigenvalue weighted by Crippen LogP contribution is -2.29. The molecule has 2 N–H and O–H groups in total. The summed E-state index contributed by atoms with van der Waals surface area (Å²) in [5.41, 5.74) is 0. The van der Waals surface area contributed by atoms with Crippen LogP contribution in [0.5, 0.6) is 0 Å². The average molecular weight is 219 g/mol. The van der Waals surface area contributed by atoms with E-state index in [1.165, 1.54) is 0 Å². The number of amides is 1. The van der Waals surface area contributed by atoms with Gasteiger partial charge < -0.3 is 10.4 Å². The third kappa shape index (κ3) is 6.77. The van der Waals surface area contributed by atoms with Gasteiger partial charge in [0.15, 0.2) is 0 Å². The first kappa shape index (κ1) is 13.3. The predicted octanol–water partition coefficient (Wildman–Crippen LogP) is 0.965. The Morgan fingerprint density at radius 2 is 1.93 bits per heavy atom. The van der Waals surface area contributed by atoms with Crippen LogP contribution in [0.25, 0.3) is 0 Å². The number of rotatable bonds is 6. The van der Waals surface area contributed by atoms with Crippen molar-refractivity contribution in [2.24, 2.45) is 5.92 Å². The van der Waals surface area contributed by atoms with Gasteiger partial charge in [0.1, 0.15) is 0 Å². The van der Waals surface area contributed by atoms with Gasteiger partial charge in [-0.15, -0.1) is 11.8 Å². The lowest BCUT2D eigenvalue weighted by atomic mass is 10.2. The van der Waals surface area contributed by atoms with Crippen LogP contribution in [0.1, 0.15) is 20.8 Å². The number of carboxylic acid groups (broad SMARTS) is 1. The summed E-state index contributed by atoms with van der Waals surface area (Å²) in [6.07, 6.45) is 0. The van der Waals surface area contributed by atoms with Crippen molar-refractivity contribution in [1.29, 1.82) is 0 Å². The number of carboxylic acids is 1. The van der Waals surface area contributed by atoms with Crippen LogP contribution >= 0.6 is 11.8 Å². The van der Waals surface area contributed by atoms with E-state index < -0.39 is 11.2 Å². The smallest absolute Gasteiger partial charge is 0.316 e. The van der Waals surface area contributed by atoms with Crippen LogP contribution in [-0.2, 0) is 9.59 Å². The molecule has 0 aromatic carbocycles. The monoisotopic (exact) mass is 219 g/mol. The molecule has 14 heavy (non-hydrogen) atoms. The number of thioether (sulfide) groups is 1. The lowest BCUT2D eigenvalue weighted by Gasteiger charge is -2.08. The van der Waals surface area contributed by atoms with Crippen LogP contribution in [0.2, 0.25) is 0 Å². The Morgan fingerprint density at radius 3 is 2.36 bits per heavy atom. The summed E-state index contributed by atoms with van der Waals surface area (Å²) in [6.45, 7) is 6.23. The van der Waals surface area contributed by atoms with Crippen LogP contribution in [0.4, 0.5) is 0 Å². The SMILES string of the molecule is CC(C)CNC(=O)CSC(C)C(=O)O. The van der Waals surface area contributed by atoms with E-state index in [0.29, 0.717) is 12.5 Å². The van der Waals surface area contributed by atoms with Crippen LogP contribution in [0.3, 0.4) is 0 Å². The topological polar surface area (TPSA) is 66.4 Å². The maximum absolute atomic E-state index is 11.1.